The van der Waals surface area contributed by atoms with Gasteiger partial charge in [-0.15, -0.1) is 0 Å². The Kier molecular flexibility index (Phi) is 16.6. The zero-order valence-electron chi connectivity index (χ0n) is 30.0. The first-order valence-electron chi connectivity index (χ1n) is 17.4. The number of benzene rings is 2. The number of hydrogen-bond acceptors (Lipinski definition) is 9. The van der Waals surface area contributed by atoms with Gasteiger partial charge >= 0.3 is 11.7 Å². The maximum Gasteiger partial charge on any atom is 0.408 e. The average Bonchev–Trinajstić information content (AvgIpc) is 3.11. The second kappa shape index (κ2) is 21.3. The van der Waals surface area contributed by atoms with Gasteiger partial charge in [0.25, 0.3) is 0 Å². The van der Waals surface area contributed by atoms with E-state index in [0.29, 0.717) is 35.9 Å². The fraction of sp³-hybridized carbons (Fsp3) is 0.417. The summed E-state index contributed by atoms with van der Waals surface area (Å²) in [6.45, 7) is 4.19. The van der Waals surface area contributed by atoms with Gasteiger partial charge in [-0.2, -0.15) is 0 Å². The van der Waals surface area contributed by atoms with E-state index in [-0.39, 0.29) is 56.5 Å². The van der Waals surface area contributed by atoms with Gasteiger partial charge in [0.1, 0.15) is 30.3 Å². The van der Waals surface area contributed by atoms with Crippen molar-refractivity contribution in [2.24, 2.45) is 11.5 Å². The molecule has 286 valence electrons. The molecule has 0 radical (unpaired) electrons. The predicted molar refractivity (Wildman–Crippen MR) is 201 cm³/mol. The Balaban J connectivity index is 1.78. The van der Waals surface area contributed by atoms with Crippen molar-refractivity contribution >= 4 is 52.4 Å². The Morgan fingerprint density at radius 1 is 0.774 bits per heavy atom. The van der Waals surface area contributed by atoms with Crippen molar-refractivity contribution in [3.8, 4) is 0 Å². The van der Waals surface area contributed by atoms with Gasteiger partial charge in [0, 0.05) is 36.3 Å². The van der Waals surface area contributed by atoms with Crippen molar-refractivity contribution in [3.05, 3.63) is 76.1 Å². The highest BCUT2D eigenvalue weighted by Crippen LogP contribution is 2.21. The summed E-state index contributed by atoms with van der Waals surface area (Å²) in [5, 5.41) is 31.7. The number of nitrogens with one attached hydrogen (secondary N) is 8. The molecule has 0 aliphatic heterocycles. The SMILES string of the molecule is CCCC[C@H](NC(=O)OCc1ccccc1)C(=O)N[C@@H](CCCNC(=N)N)C(=O)N[C@@H](CCCNC(=N)N)C(=O)Nc1ccc2c(C)cc(=O)oc2c1. The second-order valence-electron chi connectivity index (χ2n) is 12.4. The summed E-state index contributed by atoms with van der Waals surface area (Å²) in [6, 6.07) is 12.0. The van der Waals surface area contributed by atoms with Gasteiger partial charge in [-0.05, 0) is 62.3 Å². The van der Waals surface area contributed by atoms with Gasteiger partial charge in [0.2, 0.25) is 17.7 Å². The van der Waals surface area contributed by atoms with Crippen molar-refractivity contribution in [2.45, 2.75) is 83.5 Å². The summed E-state index contributed by atoms with van der Waals surface area (Å²) in [5.41, 5.74) is 12.3. The molecule has 0 fully saturated rings. The molecule has 1 heterocycles. The number of aryl methyl sites for hydroxylation is 1. The van der Waals surface area contributed by atoms with Crippen LogP contribution in [0.4, 0.5) is 10.5 Å². The minimum atomic E-state index is -1.15. The van der Waals surface area contributed by atoms with Crippen LogP contribution in [-0.4, -0.2) is 66.9 Å². The van der Waals surface area contributed by atoms with Crippen LogP contribution in [0.15, 0.2) is 63.8 Å². The Morgan fingerprint density at radius 2 is 1.34 bits per heavy atom. The lowest BCUT2D eigenvalue weighted by Crippen LogP contribution is -2.56. The Morgan fingerprint density at radius 3 is 1.92 bits per heavy atom. The van der Waals surface area contributed by atoms with E-state index in [0.717, 1.165) is 12.0 Å². The van der Waals surface area contributed by atoms with Crippen LogP contribution in [0.2, 0.25) is 0 Å². The molecule has 0 aliphatic carbocycles. The lowest BCUT2D eigenvalue weighted by molar-refractivity contribution is -0.132. The number of nitrogens with two attached hydrogens (primary N) is 2. The number of guanidine groups is 2. The molecule has 0 saturated carbocycles. The number of ether oxygens (including phenoxy) is 1. The van der Waals surface area contributed by atoms with Gasteiger partial charge in [-0.3, -0.25) is 25.2 Å². The fourth-order valence-corrected chi connectivity index (χ4v) is 5.36. The highest BCUT2D eigenvalue weighted by molar-refractivity contribution is 6.00. The molecule has 17 nitrogen and oxygen atoms in total. The Hall–Kier alpha value is -6.13. The lowest BCUT2D eigenvalue weighted by atomic mass is 10.0. The zero-order valence-corrected chi connectivity index (χ0v) is 30.0. The van der Waals surface area contributed by atoms with Crippen LogP contribution in [-0.2, 0) is 25.7 Å². The molecule has 3 atom stereocenters. The van der Waals surface area contributed by atoms with Crippen LogP contribution < -0.4 is 49.0 Å². The maximum absolute atomic E-state index is 13.9. The summed E-state index contributed by atoms with van der Waals surface area (Å²) >= 11 is 0. The van der Waals surface area contributed by atoms with E-state index >= 15 is 0 Å². The van der Waals surface area contributed by atoms with Crippen molar-refractivity contribution in [2.75, 3.05) is 18.4 Å². The summed E-state index contributed by atoms with van der Waals surface area (Å²) in [7, 11) is 0. The quantitative estimate of drug-likeness (QED) is 0.0347. The lowest BCUT2D eigenvalue weighted by Gasteiger charge is -2.25. The van der Waals surface area contributed by atoms with E-state index in [4.69, 9.17) is 31.4 Å². The number of amides is 4. The molecule has 12 N–H and O–H groups in total. The highest BCUT2D eigenvalue weighted by atomic mass is 16.5. The number of anilines is 1. The van der Waals surface area contributed by atoms with Crippen LogP contribution in [0.1, 0.15) is 63.0 Å². The third-order valence-electron chi connectivity index (χ3n) is 8.12. The predicted octanol–water partition coefficient (Wildman–Crippen LogP) is 2.02. The summed E-state index contributed by atoms with van der Waals surface area (Å²) in [6.07, 6.45) is 1.69. The van der Waals surface area contributed by atoms with Crippen LogP contribution in [0.5, 0.6) is 0 Å². The van der Waals surface area contributed by atoms with Gasteiger partial charge in [-0.1, -0.05) is 50.1 Å². The third-order valence-corrected chi connectivity index (χ3v) is 8.12. The normalized spacial score (nSPS) is 12.4. The first-order chi connectivity index (χ1) is 25.4. The summed E-state index contributed by atoms with van der Waals surface area (Å²) in [5.74, 6) is -2.37. The standard InChI is InChI=1S/C36H50N10O7/c1-3-4-12-28(46-36(51)52-21-23-10-6-5-7-11-23)33(50)45-27(14-9-18-42-35(39)40)32(49)44-26(13-8-17-41-34(37)38)31(48)43-24-15-16-25-22(2)19-30(47)53-29(25)20-24/h5-7,10-11,15-16,19-20,26-28H,3-4,8-9,12-14,17-18,21H2,1-2H3,(H,43,48)(H,44,49)(H,45,50)(H,46,51)(H4,37,38,41)(H4,39,40,42)/t26-,27-,28-/m0/s1. The molecule has 3 rings (SSSR count). The molecular formula is C36H50N10O7. The molecule has 0 bridgehead atoms. The van der Waals surface area contributed by atoms with E-state index in [1.54, 1.807) is 31.2 Å². The van der Waals surface area contributed by atoms with Crippen molar-refractivity contribution in [3.63, 3.8) is 0 Å². The number of unbranched alkanes of at least 4 members (excludes halogenated alkanes) is 1. The van der Waals surface area contributed by atoms with Gasteiger partial charge in [0.15, 0.2) is 11.9 Å². The molecule has 0 saturated heterocycles. The number of rotatable bonds is 20. The topological polar surface area (TPSA) is 280 Å². The molecular weight excluding hydrogens is 684 g/mol. The molecule has 0 aliphatic rings. The van der Waals surface area contributed by atoms with E-state index in [9.17, 15) is 24.0 Å². The minimum absolute atomic E-state index is 0.00164. The molecule has 0 spiro atoms. The third kappa shape index (κ3) is 14.6. The van der Waals surface area contributed by atoms with Crippen LogP contribution in [0, 0.1) is 17.7 Å². The number of carbonyl (C=O) groups excluding carboxylic acids is 4. The molecule has 1 aromatic heterocycles. The monoisotopic (exact) mass is 734 g/mol. The number of alkyl carbamates (subject to hydrolysis) is 1. The number of fused-ring (bicyclic) bond motifs is 1. The van der Waals surface area contributed by atoms with Crippen molar-refractivity contribution in [1.29, 1.82) is 10.8 Å². The molecule has 4 amide bonds. The second-order valence-corrected chi connectivity index (χ2v) is 12.4. The van der Waals surface area contributed by atoms with Gasteiger partial charge in [-0.25, -0.2) is 9.59 Å². The van der Waals surface area contributed by atoms with Gasteiger partial charge in [0.05, 0.1) is 0 Å². The van der Waals surface area contributed by atoms with E-state index in [1.165, 1.54) is 12.1 Å². The smallest absolute Gasteiger partial charge is 0.408 e. The van der Waals surface area contributed by atoms with Crippen LogP contribution in [0.25, 0.3) is 11.0 Å². The van der Waals surface area contributed by atoms with Crippen molar-refractivity contribution < 1.29 is 28.3 Å². The van der Waals surface area contributed by atoms with Crippen LogP contribution in [0.3, 0.4) is 0 Å². The number of hydrogen-bond donors (Lipinski definition) is 10. The Bertz CT molecular complexity index is 1780. The Labute approximate surface area is 307 Å². The largest absolute Gasteiger partial charge is 0.445 e. The molecule has 0 unspecified atom stereocenters. The highest BCUT2D eigenvalue weighted by Gasteiger charge is 2.30. The van der Waals surface area contributed by atoms with E-state index in [2.05, 4.69) is 31.9 Å². The van der Waals surface area contributed by atoms with Crippen molar-refractivity contribution in [1.82, 2.24) is 26.6 Å². The summed E-state index contributed by atoms with van der Waals surface area (Å²) in [4.78, 5) is 65.8. The van der Waals surface area contributed by atoms with E-state index in [1.807, 2.05) is 25.1 Å². The van der Waals surface area contributed by atoms with E-state index < -0.39 is 47.6 Å². The molecule has 17 heteroatoms. The maximum atomic E-state index is 13.9. The zero-order chi connectivity index (χ0) is 38.8. The fourth-order valence-electron chi connectivity index (χ4n) is 5.36. The minimum Gasteiger partial charge on any atom is -0.445 e. The average molecular weight is 735 g/mol. The summed E-state index contributed by atoms with van der Waals surface area (Å²) < 4.78 is 10.6. The van der Waals surface area contributed by atoms with Crippen LogP contribution >= 0.6 is 0 Å². The first kappa shape index (κ1) is 41.3. The first-order valence-corrected chi connectivity index (χ1v) is 17.4. The molecule has 2 aromatic carbocycles. The van der Waals surface area contributed by atoms with Gasteiger partial charge < -0.3 is 52.5 Å². The molecule has 3 aromatic rings. The molecule has 53 heavy (non-hydrogen) atoms. The number of carbonyl (C=O) groups is 4.